The van der Waals surface area contributed by atoms with E-state index in [1.807, 2.05) is 36.4 Å². The van der Waals surface area contributed by atoms with Gasteiger partial charge in [0.05, 0.1) is 5.75 Å². The highest BCUT2D eigenvalue weighted by Crippen LogP contribution is 2.36. The number of benzene rings is 2. The molecule has 5 rings (SSSR count). The van der Waals surface area contributed by atoms with Crippen LogP contribution in [-0.2, 0) is 6.42 Å². The largest absolute Gasteiger partial charge is 0.485 e. The van der Waals surface area contributed by atoms with Gasteiger partial charge in [-0.3, -0.25) is 4.79 Å². The van der Waals surface area contributed by atoms with Crippen molar-refractivity contribution in [3.05, 3.63) is 65.7 Å². The second-order valence-corrected chi connectivity index (χ2v) is 7.80. The number of carbonyl (C=O) groups excluding carboxylic acids is 1. The number of carbonyl (C=O) groups is 1. The Balaban J connectivity index is 1.26. The van der Waals surface area contributed by atoms with Crippen molar-refractivity contribution in [1.29, 1.82) is 0 Å². The van der Waals surface area contributed by atoms with Crippen molar-refractivity contribution < 1.29 is 18.7 Å². The molecule has 2 aromatic carbocycles. The summed E-state index contributed by atoms with van der Waals surface area (Å²) in [6, 6.07) is 13.5. The van der Waals surface area contributed by atoms with Gasteiger partial charge in [-0.05, 0) is 24.1 Å². The summed E-state index contributed by atoms with van der Waals surface area (Å²) < 4.78 is 17.3. The molecule has 1 aliphatic rings. The van der Waals surface area contributed by atoms with Crippen LogP contribution < -0.4 is 9.47 Å². The van der Waals surface area contributed by atoms with E-state index >= 15 is 0 Å². The van der Waals surface area contributed by atoms with Crippen LogP contribution in [0, 0.1) is 0 Å². The molecule has 30 heavy (non-hydrogen) atoms. The number of fused-ring (bicyclic) bond motifs is 2. The molecule has 7 nitrogen and oxygen atoms in total. The first-order valence-electron chi connectivity index (χ1n) is 9.69. The number of nitrogens with zero attached hydrogens (tertiary/aromatic N) is 2. The number of para-hydroxylation sites is 3. The van der Waals surface area contributed by atoms with E-state index in [1.165, 1.54) is 17.3 Å². The number of hydrogen-bond donors (Lipinski definition) is 1. The lowest BCUT2D eigenvalue weighted by atomic mass is 10.1. The van der Waals surface area contributed by atoms with Gasteiger partial charge in [-0.15, -0.1) is 10.2 Å². The molecule has 3 heterocycles. The zero-order valence-electron chi connectivity index (χ0n) is 16.3. The summed E-state index contributed by atoms with van der Waals surface area (Å²) in [5, 5.41) is 9.38. The lowest BCUT2D eigenvalue weighted by Gasteiger charge is -2.23. The standard InChI is InChI=1S/C22H19N3O4S/c1-2-13-6-5-7-14-15(10-23-20(13)14)16(26)12-30-22-25-24-21(29-22)19-11-27-17-8-3-4-9-18(17)28-19/h3-10,19,23H,2,11-12H2,1H3/t19-/m1/s1. The van der Waals surface area contributed by atoms with Crippen LogP contribution in [0.15, 0.2) is 58.3 Å². The molecule has 0 aliphatic carbocycles. The van der Waals surface area contributed by atoms with Gasteiger partial charge < -0.3 is 18.9 Å². The SMILES string of the molecule is CCc1cccc2c(C(=O)CSc3nnc([C@H]4COc5ccccc5O4)o3)c[nH]c12. The number of nitrogens with one attached hydrogen (secondary N) is 1. The fourth-order valence-electron chi connectivity index (χ4n) is 3.50. The molecule has 0 amide bonds. The zero-order valence-corrected chi connectivity index (χ0v) is 17.1. The highest BCUT2D eigenvalue weighted by molar-refractivity contribution is 7.99. The number of H-pyrrole nitrogens is 1. The van der Waals surface area contributed by atoms with Gasteiger partial charge in [0.2, 0.25) is 6.10 Å². The molecule has 1 N–H and O–H groups in total. The summed E-state index contributed by atoms with van der Waals surface area (Å²) in [7, 11) is 0. The van der Waals surface area contributed by atoms with Crippen LogP contribution >= 0.6 is 11.8 Å². The van der Waals surface area contributed by atoms with Gasteiger partial charge in [-0.25, -0.2) is 0 Å². The first kappa shape index (κ1) is 18.7. The van der Waals surface area contributed by atoms with Gasteiger partial charge in [0.15, 0.2) is 17.3 Å². The van der Waals surface area contributed by atoms with Crippen molar-refractivity contribution in [2.75, 3.05) is 12.4 Å². The summed E-state index contributed by atoms with van der Waals surface area (Å²) >= 11 is 1.22. The average molecular weight is 421 g/mol. The molecule has 4 aromatic rings. The number of aromatic nitrogens is 3. The van der Waals surface area contributed by atoms with E-state index in [1.54, 1.807) is 6.20 Å². The third-order valence-corrected chi connectivity index (χ3v) is 5.83. The van der Waals surface area contributed by atoms with E-state index in [4.69, 9.17) is 13.9 Å². The zero-order chi connectivity index (χ0) is 20.5. The summed E-state index contributed by atoms with van der Waals surface area (Å²) in [5.74, 6) is 1.88. The first-order chi connectivity index (χ1) is 14.7. The number of rotatable bonds is 6. The maximum Gasteiger partial charge on any atom is 0.277 e. The minimum atomic E-state index is -0.474. The molecule has 0 saturated heterocycles. The van der Waals surface area contributed by atoms with Crippen molar-refractivity contribution in [2.45, 2.75) is 24.7 Å². The molecule has 152 valence electrons. The topological polar surface area (TPSA) is 90.2 Å². The Kier molecular flexibility index (Phi) is 4.92. The van der Waals surface area contributed by atoms with Crippen molar-refractivity contribution in [1.82, 2.24) is 15.2 Å². The number of hydrogen-bond acceptors (Lipinski definition) is 7. The molecule has 0 unspecified atom stereocenters. The Morgan fingerprint density at radius 3 is 2.90 bits per heavy atom. The lowest BCUT2D eigenvalue weighted by Crippen LogP contribution is -2.21. The second-order valence-electron chi connectivity index (χ2n) is 6.88. The normalized spacial score (nSPS) is 15.4. The van der Waals surface area contributed by atoms with E-state index in [-0.39, 0.29) is 18.1 Å². The van der Waals surface area contributed by atoms with Crippen LogP contribution in [0.25, 0.3) is 10.9 Å². The van der Waals surface area contributed by atoms with E-state index in [0.29, 0.717) is 28.2 Å². The van der Waals surface area contributed by atoms with Gasteiger partial charge >= 0.3 is 0 Å². The third-order valence-electron chi connectivity index (χ3n) is 5.02. The molecule has 0 bridgehead atoms. The Bertz CT molecular complexity index is 1220. The van der Waals surface area contributed by atoms with E-state index in [0.717, 1.165) is 17.3 Å². The van der Waals surface area contributed by atoms with E-state index in [2.05, 4.69) is 28.2 Å². The van der Waals surface area contributed by atoms with Gasteiger partial charge in [0, 0.05) is 22.7 Å². The van der Waals surface area contributed by atoms with Crippen molar-refractivity contribution in [3.63, 3.8) is 0 Å². The van der Waals surface area contributed by atoms with Crippen LogP contribution in [0.5, 0.6) is 11.5 Å². The quantitative estimate of drug-likeness (QED) is 0.359. The maximum absolute atomic E-state index is 12.8. The Labute approximate surface area is 176 Å². The predicted octanol–water partition coefficient (Wildman–Crippen LogP) is 4.60. The minimum Gasteiger partial charge on any atom is -0.485 e. The fourth-order valence-corrected chi connectivity index (χ4v) is 4.15. The molecule has 8 heteroatoms. The number of thioether (sulfide) groups is 1. The van der Waals surface area contributed by atoms with E-state index < -0.39 is 6.10 Å². The van der Waals surface area contributed by atoms with Crippen molar-refractivity contribution in [3.8, 4) is 11.5 Å². The Hall–Kier alpha value is -3.26. The summed E-state index contributed by atoms with van der Waals surface area (Å²) in [6.45, 7) is 2.39. The number of ether oxygens (including phenoxy) is 2. The Morgan fingerprint density at radius 2 is 2.03 bits per heavy atom. The number of ketones is 1. The second kappa shape index (κ2) is 7.87. The highest BCUT2D eigenvalue weighted by atomic mass is 32.2. The van der Waals surface area contributed by atoms with Crippen LogP contribution in [0.2, 0.25) is 0 Å². The van der Waals surface area contributed by atoms with Crippen molar-refractivity contribution >= 4 is 28.4 Å². The molecular weight excluding hydrogens is 402 g/mol. The van der Waals surface area contributed by atoms with Crippen LogP contribution in [0.1, 0.15) is 34.8 Å². The molecule has 0 fully saturated rings. The summed E-state index contributed by atoms with van der Waals surface area (Å²) in [4.78, 5) is 16.0. The van der Waals surface area contributed by atoms with Crippen LogP contribution in [-0.4, -0.2) is 33.3 Å². The van der Waals surface area contributed by atoms with Crippen molar-refractivity contribution in [2.24, 2.45) is 0 Å². The number of Topliss-reactive ketones (excluding diaryl/α,β-unsaturated/α-hetero) is 1. The molecule has 1 aliphatic heterocycles. The smallest absolute Gasteiger partial charge is 0.277 e. The van der Waals surface area contributed by atoms with Gasteiger partial charge in [-0.2, -0.15) is 0 Å². The molecule has 0 radical (unpaired) electrons. The molecular formula is C22H19N3O4S. The number of aromatic amines is 1. The first-order valence-corrected chi connectivity index (χ1v) is 10.7. The maximum atomic E-state index is 12.8. The predicted molar refractivity (Wildman–Crippen MR) is 112 cm³/mol. The summed E-state index contributed by atoms with van der Waals surface area (Å²) in [5.41, 5.74) is 2.88. The highest BCUT2D eigenvalue weighted by Gasteiger charge is 2.27. The van der Waals surface area contributed by atoms with Gasteiger partial charge in [-0.1, -0.05) is 49.0 Å². The molecule has 1 atom stereocenters. The summed E-state index contributed by atoms with van der Waals surface area (Å²) in [6.07, 6.45) is 2.21. The van der Waals surface area contributed by atoms with Gasteiger partial charge in [0.1, 0.15) is 6.61 Å². The average Bonchev–Trinajstić information content (AvgIpc) is 3.44. The Morgan fingerprint density at radius 1 is 1.17 bits per heavy atom. The monoisotopic (exact) mass is 421 g/mol. The fraction of sp³-hybridized carbons (Fsp3) is 0.227. The van der Waals surface area contributed by atoms with Gasteiger partial charge in [0.25, 0.3) is 11.1 Å². The molecule has 2 aromatic heterocycles. The molecule has 0 saturated carbocycles. The molecule has 0 spiro atoms. The number of aryl methyl sites for hydroxylation is 1. The van der Waals surface area contributed by atoms with E-state index in [9.17, 15) is 4.79 Å². The van der Waals surface area contributed by atoms with Crippen LogP contribution in [0.3, 0.4) is 0 Å². The minimum absolute atomic E-state index is 0.00503. The third kappa shape index (κ3) is 3.43. The van der Waals surface area contributed by atoms with Crippen LogP contribution in [0.4, 0.5) is 0 Å². The lowest BCUT2D eigenvalue weighted by molar-refractivity contribution is 0.0686.